The van der Waals surface area contributed by atoms with Gasteiger partial charge in [0.15, 0.2) is 0 Å². The number of para-hydroxylation sites is 1. The highest BCUT2D eigenvalue weighted by Crippen LogP contribution is 2.17. The molecule has 0 radical (unpaired) electrons. The summed E-state index contributed by atoms with van der Waals surface area (Å²) in [5, 5.41) is 2.22. The van der Waals surface area contributed by atoms with Gasteiger partial charge in [-0.1, -0.05) is 6.07 Å². The summed E-state index contributed by atoms with van der Waals surface area (Å²) in [6, 6.07) is 7.22. The molecular weight excluding hydrogens is 264 g/mol. The third-order valence-electron chi connectivity index (χ3n) is 2.90. The van der Waals surface area contributed by atoms with Gasteiger partial charge in [0.2, 0.25) is 5.91 Å². The smallest absolute Gasteiger partial charge is 0.245 e. The van der Waals surface area contributed by atoms with Crippen LogP contribution in [0.4, 0.5) is 14.5 Å². The predicted molar refractivity (Wildman–Crippen MR) is 73.1 cm³/mol. The van der Waals surface area contributed by atoms with Gasteiger partial charge in [0.05, 0.1) is 0 Å². The molecule has 0 spiro atoms. The number of hydrogen-bond acceptors (Lipinski definition) is 2. The second kappa shape index (κ2) is 5.73. The Balaban J connectivity index is 2.00. The monoisotopic (exact) mass is 279 g/mol. The highest BCUT2D eigenvalue weighted by molar-refractivity contribution is 5.93. The van der Waals surface area contributed by atoms with E-state index >= 15 is 0 Å². The molecule has 0 saturated carbocycles. The maximum absolute atomic E-state index is 13.4. The van der Waals surface area contributed by atoms with E-state index in [0.29, 0.717) is 0 Å². The van der Waals surface area contributed by atoms with E-state index in [1.54, 1.807) is 4.68 Å². The minimum Gasteiger partial charge on any atom is -0.320 e. The third-order valence-corrected chi connectivity index (χ3v) is 2.90. The van der Waals surface area contributed by atoms with Crippen molar-refractivity contribution in [2.75, 3.05) is 17.3 Å². The number of aryl methyl sites for hydroxylation is 2. The van der Waals surface area contributed by atoms with Crippen molar-refractivity contribution in [1.29, 1.82) is 0 Å². The molecule has 2 rings (SSSR count). The lowest BCUT2D eigenvalue weighted by Crippen LogP contribution is -2.29. The van der Waals surface area contributed by atoms with Crippen LogP contribution in [-0.2, 0) is 4.79 Å². The van der Waals surface area contributed by atoms with Crippen LogP contribution in [0, 0.1) is 25.5 Å². The van der Waals surface area contributed by atoms with Crippen LogP contribution in [0.3, 0.4) is 0 Å². The first kappa shape index (κ1) is 14.0. The number of amides is 1. The first-order chi connectivity index (χ1) is 9.49. The van der Waals surface area contributed by atoms with Gasteiger partial charge < -0.3 is 10.7 Å². The van der Waals surface area contributed by atoms with Gasteiger partial charge in [0.25, 0.3) is 0 Å². The quantitative estimate of drug-likeness (QED) is 0.903. The molecule has 0 atom stereocenters. The number of aromatic nitrogens is 1. The molecule has 1 amide bonds. The van der Waals surface area contributed by atoms with E-state index in [4.69, 9.17) is 0 Å². The second-order valence-electron chi connectivity index (χ2n) is 4.43. The molecule has 1 aromatic carbocycles. The Morgan fingerprint density at radius 1 is 1.10 bits per heavy atom. The van der Waals surface area contributed by atoms with Crippen molar-refractivity contribution in [2.24, 2.45) is 0 Å². The Morgan fingerprint density at radius 3 is 2.20 bits per heavy atom. The van der Waals surface area contributed by atoms with Gasteiger partial charge in [-0.05, 0) is 38.1 Å². The fraction of sp³-hybridized carbons (Fsp3) is 0.214. The van der Waals surface area contributed by atoms with Gasteiger partial charge in [0, 0.05) is 11.4 Å². The minimum atomic E-state index is -0.799. The Bertz CT molecular complexity index is 598. The van der Waals surface area contributed by atoms with E-state index in [-0.39, 0.29) is 6.54 Å². The van der Waals surface area contributed by atoms with Crippen LogP contribution in [0.1, 0.15) is 11.4 Å². The fourth-order valence-electron chi connectivity index (χ4n) is 1.87. The Hall–Kier alpha value is -2.37. The van der Waals surface area contributed by atoms with Gasteiger partial charge in [-0.2, -0.15) is 0 Å². The zero-order valence-electron chi connectivity index (χ0n) is 11.2. The first-order valence-electron chi connectivity index (χ1n) is 6.11. The SMILES string of the molecule is Cc1ccc(C)n1NCC(=O)Nc1c(F)cccc1F. The number of nitrogens with zero attached hydrogens (tertiary/aromatic N) is 1. The number of benzene rings is 1. The van der Waals surface area contributed by atoms with Crippen LogP contribution >= 0.6 is 0 Å². The van der Waals surface area contributed by atoms with E-state index < -0.39 is 23.2 Å². The molecule has 0 aliphatic rings. The summed E-state index contributed by atoms with van der Waals surface area (Å²) in [6.45, 7) is 3.67. The number of carbonyl (C=O) groups excluding carboxylic acids is 1. The van der Waals surface area contributed by atoms with Crippen molar-refractivity contribution in [3.63, 3.8) is 0 Å². The number of rotatable bonds is 4. The molecule has 106 valence electrons. The topological polar surface area (TPSA) is 46.1 Å². The maximum Gasteiger partial charge on any atom is 0.245 e. The van der Waals surface area contributed by atoms with Crippen LogP contribution < -0.4 is 10.7 Å². The van der Waals surface area contributed by atoms with Gasteiger partial charge >= 0.3 is 0 Å². The average molecular weight is 279 g/mol. The maximum atomic E-state index is 13.4. The molecule has 0 saturated heterocycles. The van der Waals surface area contributed by atoms with Crippen LogP contribution in [0.5, 0.6) is 0 Å². The van der Waals surface area contributed by atoms with Crippen LogP contribution in [0.2, 0.25) is 0 Å². The molecule has 6 heteroatoms. The minimum absolute atomic E-state index is 0.0931. The fourth-order valence-corrected chi connectivity index (χ4v) is 1.87. The van der Waals surface area contributed by atoms with Gasteiger partial charge in [-0.3, -0.25) is 9.47 Å². The van der Waals surface area contributed by atoms with Crippen molar-refractivity contribution in [3.05, 3.63) is 53.4 Å². The third kappa shape index (κ3) is 2.96. The summed E-state index contributed by atoms with van der Waals surface area (Å²) in [7, 11) is 0. The van der Waals surface area contributed by atoms with Crippen molar-refractivity contribution < 1.29 is 13.6 Å². The molecule has 4 nitrogen and oxygen atoms in total. The highest BCUT2D eigenvalue weighted by atomic mass is 19.1. The summed E-state index contributed by atoms with van der Waals surface area (Å²) in [6.07, 6.45) is 0. The molecule has 20 heavy (non-hydrogen) atoms. The summed E-state index contributed by atoms with van der Waals surface area (Å²) in [4.78, 5) is 11.7. The van der Waals surface area contributed by atoms with Gasteiger partial charge in [-0.15, -0.1) is 0 Å². The normalized spacial score (nSPS) is 10.4. The van der Waals surface area contributed by atoms with E-state index in [9.17, 15) is 13.6 Å². The lowest BCUT2D eigenvalue weighted by molar-refractivity contribution is -0.114. The summed E-state index contributed by atoms with van der Waals surface area (Å²) in [5.74, 6) is -2.13. The molecule has 0 fully saturated rings. The van der Waals surface area contributed by atoms with Crippen molar-refractivity contribution in [1.82, 2.24) is 4.68 Å². The van der Waals surface area contributed by atoms with E-state index in [1.807, 2.05) is 26.0 Å². The second-order valence-corrected chi connectivity index (χ2v) is 4.43. The molecule has 0 bridgehead atoms. The molecule has 1 heterocycles. The highest BCUT2D eigenvalue weighted by Gasteiger charge is 2.12. The predicted octanol–water partition coefficient (Wildman–Crippen LogP) is 2.57. The number of anilines is 1. The van der Waals surface area contributed by atoms with Crippen molar-refractivity contribution >= 4 is 11.6 Å². The Morgan fingerprint density at radius 2 is 1.65 bits per heavy atom. The molecule has 2 aromatic rings. The van der Waals surface area contributed by atoms with E-state index in [0.717, 1.165) is 23.5 Å². The van der Waals surface area contributed by atoms with Crippen molar-refractivity contribution in [3.8, 4) is 0 Å². The van der Waals surface area contributed by atoms with E-state index in [2.05, 4.69) is 10.7 Å². The van der Waals surface area contributed by atoms with Crippen LogP contribution in [0.15, 0.2) is 30.3 Å². The Kier molecular flexibility index (Phi) is 4.02. The molecule has 0 unspecified atom stereocenters. The molecular formula is C14H15F2N3O. The van der Waals surface area contributed by atoms with E-state index in [1.165, 1.54) is 6.07 Å². The zero-order chi connectivity index (χ0) is 14.7. The van der Waals surface area contributed by atoms with Gasteiger partial charge in [-0.25, -0.2) is 8.78 Å². The first-order valence-corrected chi connectivity index (χ1v) is 6.11. The number of halogens is 2. The lowest BCUT2D eigenvalue weighted by atomic mass is 10.3. The zero-order valence-corrected chi connectivity index (χ0v) is 11.2. The number of hydrogen-bond donors (Lipinski definition) is 2. The molecule has 1 aromatic heterocycles. The summed E-state index contributed by atoms with van der Waals surface area (Å²) in [5.41, 5.74) is 4.32. The molecule has 0 aliphatic heterocycles. The van der Waals surface area contributed by atoms with Crippen molar-refractivity contribution in [2.45, 2.75) is 13.8 Å². The summed E-state index contributed by atoms with van der Waals surface area (Å²) >= 11 is 0. The van der Waals surface area contributed by atoms with Crippen LogP contribution in [0.25, 0.3) is 0 Å². The lowest BCUT2D eigenvalue weighted by Gasteiger charge is -2.13. The standard InChI is InChI=1S/C14H15F2N3O/c1-9-6-7-10(2)19(9)17-8-13(20)18-14-11(15)4-3-5-12(14)16/h3-7,17H,8H2,1-2H3,(H,18,20). The van der Waals surface area contributed by atoms with Crippen LogP contribution in [-0.4, -0.2) is 17.1 Å². The summed E-state index contributed by atoms with van der Waals surface area (Å²) < 4.78 is 28.5. The Labute approximate surface area is 115 Å². The number of carbonyl (C=O) groups is 1. The molecule has 0 aliphatic carbocycles. The number of nitrogens with one attached hydrogen (secondary N) is 2. The van der Waals surface area contributed by atoms with Gasteiger partial charge in [0.1, 0.15) is 23.9 Å². The molecule has 2 N–H and O–H groups in total. The largest absolute Gasteiger partial charge is 0.320 e. The average Bonchev–Trinajstić information content (AvgIpc) is 2.71.